The molecular weight excluding hydrogens is 392 g/mol. The van der Waals surface area contributed by atoms with Crippen molar-refractivity contribution >= 4 is 57.2 Å². The van der Waals surface area contributed by atoms with Crippen molar-refractivity contribution in [2.75, 3.05) is 0 Å². The number of thiocarbonyl (C=S) groups is 1. The van der Waals surface area contributed by atoms with Gasteiger partial charge in [-0.15, -0.1) is 0 Å². The maximum absolute atomic E-state index is 13.0. The zero-order valence-electron chi connectivity index (χ0n) is 14.5. The number of carbonyl (C=O) groups excluding carboxylic acids is 1. The van der Waals surface area contributed by atoms with Crippen LogP contribution in [0, 0.1) is 0 Å². The molecule has 0 saturated carbocycles. The first-order chi connectivity index (χ1) is 13.6. The Morgan fingerprint density at radius 3 is 2.57 bits per heavy atom. The average Bonchev–Trinajstić information content (AvgIpc) is 2.97. The van der Waals surface area contributed by atoms with Crippen LogP contribution in [0.25, 0.3) is 17.0 Å². The number of benzene rings is 2. The fourth-order valence-corrected chi connectivity index (χ4v) is 4.43. The highest BCUT2D eigenvalue weighted by Crippen LogP contribution is 2.38. The summed E-state index contributed by atoms with van der Waals surface area (Å²) in [6.07, 6.45) is 3.42. The summed E-state index contributed by atoms with van der Waals surface area (Å²) < 4.78 is 0.228. The van der Waals surface area contributed by atoms with Gasteiger partial charge in [-0.05, 0) is 29.3 Å². The number of para-hydroxylation sites is 1. The van der Waals surface area contributed by atoms with Crippen molar-refractivity contribution in [1.82, 2.24) is 9.88 Å². The van der Waals surface area contributed by atoms with Crippen LogP contribution in [-0.4, -0.2) is 31.2 Å². The lowest BCUT2D eigenvalue weighted by Crippen LogP contribution is -2.37. The number of pyridine rings is 1. The molecule has 1 aromatic heterocycles. The lowest BCUT2D eigenvalue weighted by molar-refractivity contribution is -0.145. The molecule has 5 nitrogen and oxygen atoms in total. The number of hydrogen-bond donors (Lipinski definition) is 1. The van der Waals surface area contributed by atoms with Gasteiger partial charge in [0.1, 0.15) is 4.32 Å². The van der Waals surface area contributed by atoms with E-state index in [1.54, 1.807) is 42.6 Å². The van der Waals surface area contributed by atoms with Crippen molar-refractivity contribution < 1.29 is 14.7 Å². The molecule has 0 bridgehead atoms. The molecule has 2 heterocycles. The van der Waals surface area contributed by atoms with E-state index in [2.05, 4.69) is 4.98 Å². The predicted octanol–water partition coefficient (Wildman–Crippen LogP) is 4.26. The summed E-state index contributed by atoms with van der Waals surface area (Å²) in [5.74, 6) is -1.54. The molecule has 1 amide bonds. The van der Waals surface area contributed by atoms with Gasteiger partial charge in [0.2, 0.25) is 0 Å². The highest BCUT2D eigenvalue weighted by Gasteiger charge is 2.41. The number of fused-ring (bicyclic) bond motifs is 1. The maximum atomic E-state index is 13.0. The Balaban J connectivity index is 1.74. The third-order valence-electron chi connectivity index (χ3n) is 4.40. The van der Waals surface area contributed by atoms with Crippen LogP contribution in [0.5, 0.6) is 0 Å². The summed E-state index contributed by atoms with van der Waals surface area (Å²) in [7, 11) is 0. The van der Waals surface area contributed by atoms with E-state index in [1.165, 1.54) is 4.90 Å². The van der Waals surface area contributed by atoms with E-state index in [9.17, 15) is 14.7 Å². The Hall–Kier alpha value is -3.03. The second-order valence-corrected chi connectivity index (χ2v) is 7.80. The third kappa shape index (κ3) is 3.30. The molecule has 4 rings (SSSR count). The van der Waals surface area contributed by atoms with Gasteiger partial charge in [0.25, 0.3) is 5.91 Å². The van der Waals surface area contributed by atoms with Crippen LogP contribution in [0.2, 0.25) is 0 Å². The number of aliphatic carboxylic acids is 1. The molecule has 1 atom stereocenters. The first kappa shape index (κ1) is 18.3. The first-order valence-electron chi connectivity index (χ1n) is 8.45. The van der Waals surface area contributed by atoms with Crippen molar-refractivity contribution in [3.63, 3.8) is 0 Å². The number of nitrogens with zero attached hydrogens (tertiary/aromatic N) is 2. The Morgan fingerprint density at radius 2 is 1.82 bits per heavy atom. The monoisotopic (exact) mass is 406 g/mol. The molecule has 28 heavy (non-hydrogen) atoms. The Bertz CT molecular complexity index is 1120. The number of hydrogen-bond acceptors (Lipinski definition) is 5. The fraction of sp³-hybridized carbons (Fsp3) is 0.0476. The van der Waals surface area contributed by atoms with E-state index in [0.717, 1.165) is 28.2 Å². The number of carboxylic acid groups (broad SMARTS) is 1. The minimum Gasteiger partial charge on any atom is -0.479 e. The van der Waals surface area contributed by atoms with Gasteiger partial charge in [0.05, 0.1) is 10.4 Å². The number of amides is 1. The Kier molecular flexibility index (Phi) is 4.93. The minimum atomic E-state index is -1.16. The van der Waals surface area contributed by atoms with Gasteiger partial charge in [-0.25, -0.2) is 4.79 Å². The van der Waals surface area contributed by atoms with Gasteiger partial charge in [-0.1, -0.05) is 72.5 Å². The largest absolute Gasteiger partial charge is 0.479 e. The summed E-state index contributed by atoms with van der Waals surface area (Å²) in [6, 6.07) is 16.9. The van der Waals surface area contributed by atoms with Crippen molar-refractivity contribution in [3.05, 3.63) is 82.9 Å². The number of rotatable bonds is 4. The lowest BCUT2D eigenvalue weighted by Gasteiger charge is -2.23. The van der Waals surface area contributed by atoms with Crippen LogP contribution in [0.15, 0.2) is 71.8 Å². The van der Waals surface area contributed by atoms with Crippen molar-refractivity contribution in [2.24, 2.45) is 0 Å². The molecule has 7 heteroatoms. The Morgan fingerprint density at radius 1 is 1.11 bits per heavy atom. The van der Waals surface area contributed by atoms with Crippen LogP contribution in [0.3, 0.4) is 0 Å². The van der Waals surface area contributed by atoms with Gasteiger partial charge in [0, 0.05) is 11.6 Å². The van der Waals surface area contributed by atoms with Gasteiger partial charge in [-0.3, -0.25) is 14.7 Å². The summed E-state index contributed by atoms with van der Waals surface area (Å²) in [4.78, 5) is 30.9. The first-order valence-corrected chi connectivity index (χ1v) is 9.67. The van der Waals surface area contributed by atoms with E-state index in [-0.39, 0.29) is 4.32 Å². The van der Waals surface area contributed by atoms with E-state index in [4.69, 9.17) is 12.2 Å². The predicted molar refractivity (Wildman–Crippen MR) is 114 cm³/mol. The van der Waals surface area contributed by atoms with Gasteiger partial charge >= 0.3 is 5.97 Å². The molecule has 0 radical (unpaired) electrons. The van der Waals surface area contributed by atoms with E-state index < -0.39 is 17.9 Å². The van der Waals surface area contributed by atoms with Crippen LogP contribution in [0.1, 0.15) is 17.2 Å². The highest BCUT2D eigenvalue weighted by atomic mass is 32.2. The van der Waals surface area contributed by atoms with E-state index in [0.29, 0.717) is 10.5 Å². The van der Waals surface area contributed by atoms with Gasteiger partial charge in [-0.2, -0.15) is 0 Å². The molecule has 1 aliphatic heterocycles. The smallest absolute Gasteiger partial charge is 0.331 e. The van der Waals surface area contributed by atoms with Crippen molar-refractivity contribution in [3.8, 4) is 0 Å². The molecule has 1 saturated heterocycles. The number of carbonyl (C=O) groups is 2. The molecule has 1 aliphatic rings. The zero-order chi connectivity index (χ0) is 19.7. The normalized spacial score (nSPS) is 16.7. The summed E-state index contributed by atoms with van der Waals surface area (Å²) in [5.41, 5.74) is 2.15. The molecular formula is C21H14N2O3S2. The molecule has 0 spiro atoms. The SMILES string of the molecule is O=C(O)[C@H](c1ccccc1)N1C(=O)/C(=C/c2ccnc3ccccc23)SC1=S. The average molecular weight is 406 g/mol. The molecule has 0 unspecified atom stereocenters. The lowest BCUT2D eigenvalue weighted by atomic mass is 10.1. The molecule has 1 N–H and O–H groups in total. The van der Waals surface area contributed by atoms with Gasteiger partial charge < -0.3 is 5.11 Å². The van der Waals surface area contributed by atoms with E-state index >= 15 is 0 Å². The molecule has 138 valence electrons. The summed E-state index contributed by atoms with van der Waals surface area (Å²) >= 11 is 6.46. The molecule has 2 aromatic carbocycles. The molecule has 3 aromatic rings. The zero-order valence-corrected chi connectivity index (χ0v) is 16.1. The highest BCUT2D eigenvalue weighted by molar-refractivity contribution is 8.26. The van der Waals surface area contributed by atoms with Crippen LogP contribution < -0.4 is 0 Å². The van der Waals surface area contributed by atoms with Crippen LogP contribution in [0.4, 0.5) is 0 Å². The van der Waals surface area contributed by atoms with Gasteiger partial charge in [0.15, 0.2) is 6.04 Å². The van der Waals surface area contributed by atoms with Crippen molar-refractivity contribution in [1.29, 1.82) is 0 Å². The second-order valence-electron chi connectivity index (χ2n) is 6.12. The minimum absolute atomic E-state index is 0.228. The summed E-state index contributed by atoms with van der Waals surface area (Å²) in [6.45, 7) is 0. The number of thioether (sulfide) groups is 1. The molecule has 1 fully saturated rings. The topological polar surface area (TPSA) is 70.5 Å². The second kappa shape index (κ2) is 7.53. The standard InChI is InChI=1S/C21H14N2O3S2/c24-19-17(12-14-10-11-22-16-9-5-4-8-15(14)16)28-21(27)23(19)18(20(25)26)13-6-2-1-3-7-13/h1-12,18H,(H,25,26)/b17-12-/t18-/m0/s1. The van der Waals surface area contributed by atoms with Crippen LogP contribution >= 0.6 is 24.0 Å². The fourth-order valence-electron chi connectivity index (χ4n) is 3.12. The third-order valence-corrected chi connectivity index (χ3v) is 5.73. The summed E-state index contributed by atoms with van der Waals surface area (Å²) in [5, 5.41) is 10.7. The Labute approximate surface area is 170 Å². The van der Waals surface area contributed by atoms with Crippen molar-refractivity contribution in [2.45, 2.75) is 6.04 Å². The van der Waals surface area contributed by atoms with Crippen LogP contribution in [-0.2, 0) is 9.59 Å². The molecule has 0 aliphatic carbocycles. The van der Waals surface area contributed by atoms with E-state index in [1.807, 2.05) is 30.3 Å². The maximum Gasteiger partial charge on any atom is 0.331 e. The quantitative estimate of drug-likeness (QED) is 0.516. The number of carboxylic acids is 1. The number of aromatic nitrogens is 1.